The Labute approximate surface area is 163 Å². The van der Waals surface area contributed by atoms with E-state index < -0.39 is 21.8 Å². The highest BCUT2D eigenvalue weighted by Crippen LogP contribution is 2.31. The molecule has 9 nitrogen and oxygen atoms in total. The zero-order chi connectivity index (χ0) is 20.3. The second-order valence-electron chi connectivity index (χ2n) is 6.66. The molecule has 150 valence electrons. The van der Waals surface area contributed by atoms with Crippen LogP contribution in [0.1, 0.15) is 17.8 Å². The monoisotopic (exact) mass is 405 g/mol. The van der Waals surface area contributed by atoms with Gasteiger partial charge in [-0.15, -0.1) is 0 Å². The van der Waals surface area contributed by atoms with Crippen molar-refractivity contribution in [3.63, 3.8) is 0 Å². The van der Waals surface area contributed by atoms with Crippen molar-refractivity contribution in [1.82, 2.24) is 14.9 Å². The van der Waals surface area contributed by atoms with Crippen LogP contribution in [0.5, 0.6) is 0 Å². The van der Waals surface area contributed by atoms with Crippen LogP contribution in [-0.4, -0.2) is 49.1 Å². The minimum Gasteiger partial charge on any atom is -0.346 e. The van der Waals surface area contributed by atoms with Crippen molar-refractivity contribution in [3.8, 4) is 0 Å². The predicted octanol–water partition coefficient (Wildman–Crippen LogP) is 0.659. The number of fused-ring (bicyclic) bond motifs is 1. The van der Waals surface area contributed by atoms with Crippen LogP contribution >= 0.6 is 0 Å². The molecular weight excluding hydrogens is 382 g/mol. The summed E-state index contributed by atoms with van der Waals surface area (Å²) in [5.41, 5.74) is 1.82. The van der Waals surface area contributed by atoms with Gasteiger partial charge in [-0.2, -0.15) is 0 Å². The molecule has 2 N–H and O–H groups in total. The van der Waals surface area contributed by atoms with Crippen molar-refractivity contribution in [1.29, 1.82) is 0 Å². The first-order valence-corrected chi connectivity index (χ1v) is 10.8. The van der Waals surface area contributed by atoms with Gasteiger partial charge in [0.1, 0.15) is 5.82 Å². The van der Waals surface area contributed by atoms with Crippen molar-refractivity contribution < 1.29 is 18.0 Å². The first-order chi connectivity index (χ1) is 13.3. The number of carbonyl (C=O) groups is 2. The number of nitrogens with zero attached hydrogens (tertiary/aromatic N) is 3. The van der Waals surface area contributed by atoms with E-state index in [1.54, 1.807) is 30.6 Å². The number of amides is 2. The van der Waals surface area contributed by atoms with Crippen LogP contribution in [0.15, 0.2) is 30.6 Å². The van der Waals surface area contributed by atoms with Crippen LogP contribution in [0.25, 0.3) is 0 Å². The Bertz CT molecular complexity index is 999. The van der Waals surface area contributed by atoms with E-state index in [1.165, 1.54) is 4.31 Å². The number of hydrogen-bond donors (Lipinski definition) is 2. The molecule has 1 aliphatic rings. The molecule has 0 aliphatic carbocycles. The molecule has 0 atom stereocenters. The number of sulfonamides is 1. The Balaban J connectivity index is 1.62. The molecule has 0 bridgehead atoms. The summed E-state index contributed by atoms with van der Waals surface area (Å²) in [5, 5.41) is 5.08. The first kappa shape index (κ1) is 19.9. The zero-order valence-electron chi connectivity index (χ0n) is 15.8. The van der Waals surface area contributed by atoms with Crippen molar-refractivity contribution in [2.24, 2.45) is 0 Å². The molecule has 1 aromatic carbocycles. The molecule has 0 saturated heterocycles. The molecule has 0 spiro atoms. The average Bonchev–Trinajstić information content (AvgIpc) is 3.05. The van der Waals surface area contributed by atoms with Crippen molar-refractivity contribution in [2.75, 3.05) is 29.0 Å². The second-order valence-corrected chi connectivity index (χ2v) is 8.57. The number of benzene rings is 1. The lowest BCUT2D eigenvalue weighted by atomic mass is 10.0. The molecule has 0 fully saturated rings. The molecule has 1 aromatic heterocycles. The summed E-state index contributed by atoms with van der Waals surface area (Å²) >= 11 is 0. The molecule has 0 saturated carbocycles. The lowest BCUT2D eigenvalue weighted by Gasteiger charge is -2.29. The Hall–Kier alpha value is -2.88. The van der Waals surface area contributed by atoms with Crippen molar-refractivity contribution in [3.05, 3.63) is 42.0 Å². The summed E-state index contributed by atoms with van der Waals surface area (Å²) in [6.45, 7) is 3.05. The van der Waals surface area contributed by atoms with E-state index in [0.717, 1.165) is 30.5 Å². The molecule has 1 aliphatic heterocycles. The Morgan fingerprint density at radius 3 is 2.71 bits per heavy atom. The summed E-state index contributed by atoms with van der Waals surface area (Å²) in [7, 11) is -3.40. The second kappa shape index (κ2) is 8.01. The van der Waals surface area contributed by atoms with Gasteiger partial charge in [-0.3, -0.25) is 13.9 Å². The van der Waals surface area contributed by atoms with E-state index in [0.29, 0.717) is 24.5 Å². The van der Waals surface area contributed by atoms with E-state index >= 15 is 0 Å². The van der Waals surface area contributed by atoms with Crippen LogP contribution in [0.4, 0.5) is 11.4 Å². The van der Waals surface area contributed by atoms with Crippen LogP contribution in [0.2, 0.25) is 0 Å². The molecule has 28 heavy (non-hydrogen) atoms. The van der Waals surface area contributed by atoms with Crippen LogP contribution in [0, 0.1) is 6.92 Å². The number of aryl methyl sites for hydroxylation is 2. The Morgan fingerprint density at radius 2 is 2.04 bits per heavy atom. The van der Waals surface area contributed by atoms with Crippen molar-refractivity contribution in [2.45, 2.75) is 26.3 Å². The highest BCUT2D eigenvalue weighted by Gasteiger charge is 2.24. The van der Waals surface area contributed by atoms with E-state index in [4.69, 9.17) is 0 Å². The van der Waals surface area contributed by atoms with Gasteiger partial charge in [0, 0.05) is 37.7 Å². The summed E-state index contributed by atoms with van der Waals surface area (Å²) in [4.78, 5) is 28.3. The maximum atomic E-state index is 12.1. The van der Waals surface area contributed by atoms with Crippen LogP contribution in [0.3, 0.4) is 0 Å². The molecule has 2 aromatic rings. The first-order valence-electron chi connectivity index (χ1n) is 8.93. The Morgan fingerprint density at radius 1 is 1.25 bits per heavy atom. The smallest absolute Gasteiger partial charge is 0.313 e. The largest absolute Gasteiger partial charge is 0.346 e. The number of rotatable bonds is 5. The topological polar surface area (TPSA) is 113 Å². The highest BCUT2D eigenvalue weighted by molar-refractivity contribution is 7.92. The van der Waals surface area contributed by atoms with E-state index in [9.17, 15) is 18.0 Å². The van der Waals surface area contributed by atoms with Gasteiger partial charge in [0.25, 0.3) is 0 Å². The summed E-state index contributed by atoms with van der Waals surface area (Å²) in [6.07, 6.45) is 6.12. The third-order valence-corrected chi connectivity index (χ3v) is 5.77. The average molecular weight is 405 g/mol. The van der Waals surface area contributed by atoms with E-state index in [2.05, 4.69) is 15.6 Å². The number of anilines is 2. The van der Waals surface area contributed by atoms with Gasteiger partial charge < -0.3 is 15.2 Å². The van der Waals surface area contributed by atoms with Gasteiger partial charge in [0.15, 0.2) is 0 Å². The van der Waals surface area contributed by atoms with E-state index in [-0.39, 0.29) is 6.54 Å². The number of carbonyl (C=O) groups excluding carboxylic acids is 2. The third kappa shape index (κ3) is 4.50. The summed E-state index contributed by atoms with van der Waals surface area (Å²) in [6, 6.07) is 5.04. The quantitative estimate of drug-likeness (QED) is 0.710. The zero-order valence-corrected chi connectivity index (χ0v) is 16.6. The van der Waals surface area contributed by atoms with Gasteiger partial charge in [-0.1, -0.05) is 6.07 Å². The standard InChI is InChI=1S/C18H23N5O4S/c1-13-19-7-10-22(13)11-8-20-17(24)18(25)21-15-6-5-14-4-3-9-23(16(14)12-15)28(2,26)27/h5-7,10,12H,3-4,8-9,11H2,1-2H3,(H,20,24)(H,21,25). The number of imidazole rings is 1. The molecule has 0 unspecified atom stereocenters. The van der Waals surface area contributed by atoms with Gasteiger partial charge in [0.2, 0.25) is 10.0 Å². The lowest BCUT2D eigenvalue weighted by Crippen LogP contribution is -2.37. The Kier molecular flexibility index (Phi) is 5.68. The van der Waals surface area contributed by atoms with E-state index in [1.807, 2.05) is 11.5 Å². The molecule has 2 heterocycles. The van der Waals surface area contributed by atoms with Crippen molar-refractivity contribution >= 4 is 33.2 Å². The normalized spacial score (nSPS) is 13.7. The maximum Gasteiger partial charge on any atom is 0.313 e. The van der Waals surface area contributed by atoms with Crippen LogP contribution in [-0.2, 0) is 32.6 Å². The molecular formula is C18H23N5O4S. The summed E-state index contributed by atoms with van der Waals surface area (Å²) in [5.74, 6) is -0.734. The number of hydrogen-bond acceptors (Lipinski definition) is 5. The van der Waals surface area contributed by atoms with Gasteiger partial charge in [0.05, 0.1) is 11.9 Å². The molecule has 2 amide bonds. The van der Waals surface area contributed by atoms with Crippen LogP contribution < -0.4 is 14.9 Å². The maximum absolute atomic E-state index is 12.1. The minimum atomic E-state index is -3.40. The third-order valence-electron chi connectivity index (χ3n) is 4.59. The van der Waals surface area contributed by atoms with Gasteiger partial charge in [-0.05, 0) is 37.5 Å². The fraction of sp³-hybridized carbons (Fsp3) is 0.389. The fourth-order valence-electron chi connectivity index (χ4n) is 3.16. The van der Waals surface area contributed by atoms with Gasteiger partial charge >= 0.3 is 11.8 Å². The van der Waals surface area contributed by atoms with Gasteiger partial charge in [-0.25, -0.2) is 13.4 Å². The highest BCUT2D eigenvalue weighted by atomic mass is 32.2. The molecule has 10 heteroatoms. The molecule has 3 rings (SSSR count). The fourth-order valence-corrected chi connectivity index (χ4v) is 4.15. The minimum absolute atomic E-state index is 0.287. The summed E-state index contributed by atoms with van der Waals surface area (Å²) < 4.78 is 27.2. The molecule has 0 radical (unpaired) electrons. The predicted molar refractivity (Wildman–Crippen MR) is 106 cm³/mol. The lowest BCUT2D eigenvalue weighted by molar-refractivity contribution is -0.136. The number of aromatic nitrogens is 2. The SMILES string of the molecule is Cc1nccn1CCNC(=O)C(=O)Nc1ccc2c(c1)N(S(C)(=O)=O)CCC2. The number of nitrogens with one attached hydrogen (secondary N) is 2.